The largest absolute Gasteiger partial charge is 0.458 e. The third kappa shape index (κ3) is 6.65. The van der Waals surface area contributed by atoms with Gasteiger partial charge in [0.1, 0.15) is 18.2 Å². The number of nitrogen functional groups attached to an aromatic ring is 1. The monoisotopic (exact) mass is 294 g/mol. The molecular weight excluding hydrogens is 272 g/mol. The summed E-state index contributed by atoms with van der Waals surface area (Å²) in [6.45, 7) is 6.90. The zero-order chi connectivity index (χ0) is 16.0. The van der Waals surface area contributed by atoms with Gasteiger partial charge in [-0.2, -0.15) is 0 Å². The van der Waals surface area contributed by atoms with Gasteiger partial charge in [-0.1, -0.05) is 12.1 Å². The van der Waals surface area contributed by atoms with E-state index in [1.165, 1.54) is 6.92 Å². The van der Waals surface area contributed by atoms with Crippen molar-refractivity contribution in [1.29, 1.82) is 0 Å². The molecule has 0 saturated heterocycles. The van der Waals surface area contributed by atoms with E-state index in [9.17, 15) is 9.59 Å². The second-order valence-electron chi connectivity index (χ2n) is 5.72. The number of nitrogens with one attached hydrogen (secondary N) is 1. The van der Waals surface area contributed by atoms with Crippen molar-refractivity contribution in [1.82, 2.24) is 5.32 Å². The number of carbonyl (C=O) groups excluding carboxylic acids is 2. The molecule has 1 unspecified atom stereocenters. The highest BCUT2D eigenvalue weighted by molar-refractivity contribution is 5.81. The summed E-state index contributed by atoms with van der Waals surface area (Å²) in [5.41, 5.74) is 6.40. The molecule has 1 atom stereocenters. The van der Waals surface area contributed by atoms with Crippen molar-refractivity contribution in [2.45, 2.75) is 45.9 Å². The van der Waals surface area contributed by atoms with E-state index in [0.29, 0.717) is 5.69 Å². The number of alkyl carbamates (subject to hydrolysis) is 1. The molecule has 0 spiro atoms. The Hall–Kier alpha value is -2.24. The lowest BCUT2D eigenvalue weighted by molar-refractivity contribution is -0.156. The molecule has 21 heavy (non-hydrogen) atoms. The fourth-order valence-electron chi connectivity index (χ4n) is 1.50. The van der Waals surface area contributed by atoms with Crippen LogP contribution in [0.25, 0.3) is 0 Å². The molecule has 0 aromatic heterocycles. The van der Waals surface area contributed by atoms with E-state index >= 15 is 0 Å². The summed E-state index contributed by atoms with van der Waals surface area (Å²) in [5.74, 6) is -0.511. The predicted octanol–water partition coefficient (Wildman–Crippen LogP) is 2.23. The van der Waals surface area contributed by atoms with Crippen molar-refractivity contribution in [2.24, 2.45) is 0 Å². The van der Waals surface area contributed by atoms with Gasteiger partial charge in [0.25, 0.3) is 0 Å². The standard InChI is InChI=1S/C15H22N2O4/c1-10(13(18)21-15(2,3)4)17-14(19)20-9-11-6-5-7-12(16)8-11/h5-8,10H,9,16H2,1-4H3,(H,17,19). The van der Waals surface area contributed by atoms with E-state index in [-0.39, 0.29) is 6.61 Å². The zero-order valence-corrected chi connectivity index (χ0v) is 12.8. The van der Waals surface area contributed by atoms with Gasteiger partial charge in [0.2, 0.25) is 0 Å². The van der Waals surface area contributed by atoms with Gasteiger partial charge in [-0.15, -0.1) is 0 Å². The van der Waals surface area contributed by atoms with Gasteiger partial charge >= 0.3 is 12.1 Å². The number of hydrogen-bond donors (Lipinski definition) is 2. The van der Waals surface area contributed by atoms with Gasteiger partial charge in [-0.05, 0) is 45.4 Å². The Morgan fingerprint density at radius 1 is 1.33 bits per heavy atom. The van der Waals surface area contributed by atoms with Crippen LogP contribution in [-0.2, 0) is 20.9 Å². The van der Waals surface area contributed by atoms with E-state index in [4.69, 9.17) is 15.2 Å². The molecule has 0 radical (unpaired) electrons. The number of hydrogen-bond acceptors (Lipinski definition) is 5. The minimum Gasteiger partial charge on any atom is -0.458 e. The molecule has 1 rings (SSSR count). The van der Waals surface area contributed by atoms with Crippen molar-refractivity contribution in [3.05, 3.63) is 29.8 Å². The van der Waals surface area contributed by atoms with Crippen molar-refractivity contribution in [3.63, 3.8) is 0 Å². The summed E-state index contributed by atoms with van der Waals surface area (Å²) in [6, 6.07) is 6.24. The number of nitrogens with two attached hydrogens (primary N) is 1. The van der Waals surface area contributed by atoms with Gasteiger partial charge in [0.05, 0.1) is 0 Å². The molecule has 0 saturated carbocycles. The van der Waals surface area contributed by atoms with Crippen LogP contribution in [0.2, 0.25) is 0 Å². The highest BCUT2D eigenvalue weighted by Gasteiger charge is 2.23. The molecule has 6 nitrogen and oxygen atoms in total. The molecule has 0 fully saturated rings. The lowest BCUT2D eigenvalue weighted by atomic mass is 10.2. The molecule has 6 heteroatoms. The SMILES string of the molecule is CC(NC(=O)OCc1cccc(N)c1)C(=O)OC(C)(C)C. The second-order valence-corrected chi connectivity index (χ2v) is 5.72. The first-order valence-corrected chi connectivity index (χ1v) is 6.68. The maximum Gasteiger partial charge on any atom is 0.408 e. The summed E-state index contributed by atoms with van der Waals surface area (Å²) in [6.07, 6.45) is -0.684. The topological polar surface area (TPSA) is 90.6 Å². The van der Waals surface area contributed by atoms with Crippen LogP contribution in [0.5, 0.6) is 0 Å². The van der Waals surface area contributed by atoms with E-state index < -0.39 is 23.7 Å². The number of rotatable bonds is 4. The zero-order valence-electron chi connectivity index (χ0n) is 12.8. The maximum atomic E-state index is 11.7. The van der Waals surface area contributed by atoms with Crippen molar-refractivity contribution < 1.29 is 19.1 Å². The Morgan fingerprint density at radius 3 is 2.57 bits per heavy atom. The minimum absolute atomic E-state index is 0.0813. The molecule has 0 bridgehead atoms. The summed E-state index contributed by atoms with van der Waals surface area (Å²) in [7, 11) is 0. The predicted molar refractivity (Wildman–Crippen MR) is 79.5 cm³/mol. The van der Waals surface area contributed by atoms with Gasteiger partial charge in [-0.3, -0.25) is 0 Å². The number of carbonyl (C=O) groups is 2. The fourth-order valence-corrected chi connectivity index (χ4v) is 1.50. The molecular formula is C15H22N2O4. The average Bonchev–Trinajstić information content (AvgIpc) is 2.34. The van der Waals surface area contributed by atoms with Crippen LogP contribution in [-0.4, -0.2) is 23.7 Å². The number of esters is 1. The lowest BCUT2D eigenvalue weighted by Crippen LogP contribution is -2.42. The number of ether oxygens (including phenoxy) is 2. The van der Waals surface area contributed by atoms with Gasteiger partial charge < -0.3 is 20.5 Å². The Morgan fingerprint density at radius 2 is 2.00 bits per heavy atom. The first-order chi connectivity index (χ1) is 9.67. The van der Waals surface area contributed by atoms with Crippen LogP contribution in [0.1, 0.15) is 33.3 Å². The minimum atomic E-state index is -0.780. The average molecular weight is 294 g/mol. The first kappa shape index (κ1) is 16.8. The molecule has 0 aliphatic carbocycles. The second kappa shape index (κ2) is 6.97. The van der Waals surface area contributed by atoms with E-state index in [1.807, 2.05) is 0 Å². The van der Waals surface area contributed by atoms with Crippen LogP contribution in [0.15, 0.2) is 24.3 Å². The van der Waals surface area contributed by atoms with Crippen LogP contribution < -0.4 is 11.1 Å². The molecule has 1 aromatic rings. The van der Waals surface area contributed by atoms with E-state index in [1.54, 1.807) is 45.0 Å². The lowest BCUT2D eigenvalue weighted by Gasteiger charge is -2.22. The third-order valence-corrected chi connectivity index (χ3v) is 2.42. The fraction of sp³-hybridized carbons (Fsp3) is 0.467. The van der Waals surface area contributed by atoms with Gasteiger partial charge in [-0.25, -0.2) is 9.59 Å². The van der Waals surface area contributed by atoms with Crippen LogP contribution >= 0.6 is 0 Å². The van der Waals surface area contributed by atoms with Gasteiger partial charge in [0, 0.05) is 5.69 Å². The summed E-state index contributed by atoms with van der Waals surface area (Å²) in [5, 5.41) is 2.42. The summed E-state index contributed by atoms with van der Waals surface area (Å²) >= 11 is 0. The number of benzene rings is 1. The van der Waals surface area contributed by atoms with Crippen molar-refractivity contribution in [2.75, 3.05) is 5.73 Å². The molecule has 0 aliphatic heterocycles. The van der Waals surface area contributed by atoms with Crippen LogP contribution in [0, 0.1) is 0 Å². The van der Waals surface area contributed by atoms with Crippen molar-refractivity contribution in [3.8, 4) is 0 Å². The molecule has 0 aliphatic rings. The van der Waals surface area contributed by atoms with E-state index in [0.717, 1.165) is 5.56 Å². The summed E-state index contributed by atoms with van der Waals surface area (Å²) in [4.78, 5) is 23.3. The Balaban J connectivity index is 2.41. The quantitative estimate of drug-likeness (QED) is 0.656. The highest BCUT2D eigenvalue weighted by Crippen LogP contribution is 2.09. The van der Waals surface area contributed by atoms with Crippen LogP contribution in [0.4, 0.5) is 10.5 Å². The Labute approximate surface area is 124 Å². The molecule has 1 aromatic carbocycles. The number of amides is 1. The maximum absolute atomic E-state index is 11.7. The van der Waals surface area contributed by atoms with Crippen LogP contribution in [0.3, 0.4) is 0 Å². The molecule has 116 valence electrons. The molecule has 0 heterocycles. The summed E-state index contributed by atoms with van der Waals surface area (Å²) < 4.78 is 10.2. The normalized spacial score (nSPS) is 12.4. The first-order valence-electron chi connectivity index (χ1n) is 6.68. The van der Waals surface area contributed by atoms with Crippen molar-refractivity contribution >= 4 is 17.7 Å². The smallest absolute Gasteiger partial charge is 0.408 e. The molecule has 3 N–H and O–H groups in total. The van der Waals surface area contributed by atoms with Gasteiger partial charge in [0.15, 0.2) is 0 Å². The number of anilines is 1. The van der Waals surface area contributed by atoms with E-state index in [2.05, 4.69) is 5.32 Å². The third-order valence-electron chi connectivity index (χ3n) is 2.42. The Bertz CT molecular complexity index is 509. The highest BCUT2D eigenvalue weighted by atomic mass is 16.6. The Kier molecular flexibility index (Phi) is 5.58. The molecule has 1 amide bonds.